The summed E-state index contributed by atoms with van der Waals surface area (Å²) in [7, 11) is 1.35. The van der Waals surface area contributed by atoms with Crippen molar-refractivity contribution in [3.05, 3.63) is 56.4 Å². The molecule has 0 saturated carbocycles. The molecule has 3 aromatic rings. The Hall–Kier alpha value is -2.67. The molecule has 0 bridgehead atoms. The molecular weight excluding hydrogens is 388 g/mol. The predicted molar refractivity (Wildman–Crippen MR) is 115 cm³/mol. The standard InChI is InChI=1S/C22H26N2O4S/c1-13(2)19-23-20-18(14(3)15(4)29-20)21(25)24(19)11-6-12-28-17-9-7-16(8-10-17)22(26)27-5/h7-10,13H,6,11-12H2,1-5H3. The van der Waals surface area contributed by atoms with E-state index in [1.807, 2.05) is 13.8 Å². The van der Waals surface area contributed by atoms with E-state index in [0.717, 1.165) is 26.5 Å². The van der Waals surface area contributed by atoms with Crippen LogP contribution in [0.5, 0.6) is 5.75 Å². The van der Waals surface area contributed by atoms with Gasteiger partial charge in [-0.15, -0.1) is 11.3 Å². The number of aryl methyl sites for hydroxylation is 2. The summed E-state index contributed by atoms with van der Waals surface area (Å²) in [5.41, 5.74) is 1.53. The van der Waals surface area contributed by atoms with Crippen molar-refractivity contribution in [3.63, 3.8) is 0 Å². The summed E-state index contributed by atoms with van der Waals surface area (Å²) in [4.78, 5) is 31.4. The van der Waals surface area contributed by atoms with E-state index < -0.39 is 0 Å². The van der Waals surface area contributed by atoms with E-state index in [2.05, 4.69) is 18.6 Å². The fraction of sp³-hybridized carbons (Fsp3) is 0.409. The molecule has 6 nitrogen and oxygen atoms in total. The minimum absolute atomic E-state index is 0.0305. The molecule has 0 aliphatic rings. The SMILES string of the molecule is COC(=O)c1ccc(OCCCn2c(C(C)C)nc3sc(C)c(C)c3c2=O)cc1. The number of hydrogen-bond donors (Lipinski definition) is 0. The number of esters is 1. The fourth-order valence-electron chi connectivity index (χ4n) is 3.22. The Morgan fingerprint density at radius 1 is 1.21 bits per heavy atom. The van der Waals surface area contributed by atoms with Gasteiger partial charge in [0, 0.05) is 17.3 Å². The summed E-state index contributed by atoms with van der Waals surface area (Å²) in [6.07, 6.45) is 0.674. The highest BCUT2D eigenvalue weighted by Crippen LogP contribution is 2.27. The molecule has 0 amide bonds. The first-order chi connectivity index (χ1) is 13.8. The van der Waals surface area contributed by atoms with Crippen LogP contribution in [-0.2, 0) is 11.3 Å². The van der Waals surface area contributed by atoms with E-state index in [-0.39, 0.29) is 17.4 Å². The van der Waals surface area contributed by atoms with Crippen molar-refractivity contribution in [1.82, 2.24) is 9.55 Å². The summed E-state index contributed by atoms with van der Waals surface area (Å²) in [6.45, 7) is 9.12. The molecule has 0 aliphatic carbocycles. The Balaban J connectivity index is 1.72. The lowest BCUT2D eigenvalue weighted by Crippen LogP contribution is -2.26. The molecule has 0 spiro atoms. The van der Waals surface area contributed by atoms with Crippen molar-refractivity contribution in [2.24, 2.45) is 0 Å². The Morgan fingerprint density at radius 3 is 2.52 bits per heavy atom. The number of nitrogens with zero attached hydrogens (tertiary/aromatic N) is 2. The van der Waals surface area contributed by atoms with E-state index >= 15 is 0 Å². The largest absolute Gasteiger partial charge is 0.494 e. The summed E-state index contributed by atoms with van der Waals surface area (Å²) < 4.78 is 12.2. The van der Waals surface area contributed by atoms with Gasteiger partial charge in [-0.3, -0.25) is 9.36 Å². The number of fused-ring (bicyclic) bond motifs is 1. The van der Waals surface area contributed by atoms with Crippen LogP contribution >= 0.6 is 11.3 Å². The number of thiophene rings is 1. The van der Waals surface area contributed by atoms with Crippen molar-refractivity contribution in [2.45, 2.75) is 46.6 Å². The molecule has 0 radical (unpaired) electrons. The second-order valence-corrected chi connectivity index (χ2v) is 8.47. The van der Waals surface area contributed by atoms with Crippen molar-refractivity contribution in [1.29, 1.82) is 0 Å². The van der Waals surface area contributed by atoms with Gasteiger partial charge in [0.2, 0.25) is 0 Å². The Morgan fingerprint density at radius 2 is 1.90 bits per heavy atom. The first-order valence-corrected chi connectivity index (χ1v) is 10.5. The van der Waals surface area contributed by atoms with Crippen LogP contribution < -0.4 is 10.3 Å². The highest BCUT2D eigenvalue weighted by atomic mass is 32.1. The summed E-state index contributed by atoms with van der Waals surface area (Å²) in [6, 6.07) is 6.82. The van der Waals surface area contributed by atoms with Crippen LogP contribution in [0.3, 0.4) is 0 Å². The van der Waals surface area contributed by atoms with Gasteiger partial charge in [0.25, 0.3) is 5.56 Å². The Labute approximate surface area is 174 Å². The third kappa shape index (κ3) is 4.34. The number of rotatable bonds is 7. The topological polar surface area (TPSA) is 70.4 Å². The number of hydrogen-bond acceptors (Lipinski definition) is 6. The average molecular weight is 415 g/mol. The molecule has 154 valence electrons. The van der Waals surface area contributed by atoms with E-state index in [0.29, 0.717) is 30.9 Å². The maximum absolute atomic E-state index is 13.1. The van der Waals surface area contributed by atoms with Crippen LogP contribution in [0.4, 0.5) is 0 Å². The number of ether oxygens (including phenoxy) is 2. The average Bonchev–Trinajstić information content (AvgIpc) is 3.00. The molecule has 1 aromatic carbocycles. The lowest BCUT2D eigenvalue weighted by atomic mass is 10.1. The smallest absolute Gasteiger partial charge is 0.337 e. The zero-order valence-electron chi connectivity index (χ0n) is 17.4. The number of methoxy groups -OCH3 is 1. The number of aromatic nitrogens is 2. The first-order valence-electron chi connectivity index (χ1n) is 9.65. The van der Waals surface area contributed by atoms with E-state index in [4.69, 9.17) is 9.72 Å². The highest BCUT2D eigenvalue weighted by molar-refractivity contribution is 7.18. The molecular formula is C22H26N2O4S. The number of carbonyl (C=O) groups is 1. The molecule has 0 saturated heterocycles. The lowest BCUT2D eigenvalue weighted by Gasteiger charge is -2.15. The maximum Gasteiger partial charge on any atom is 0.337 e. The second-order valence-electron chi connectivity index (χ2n) is 7.26. The van der Waals surface area contributed by atoms with Crippen LogP contribution in [0.15, 0.2) is 29.1 Å². The van der Waals surface area contributed by atoms with Crippen LogP contribution in [0.25, 0.3) is 10.2 Å². The molecule has 2 heterocycles. The molecule has 7 heteroatoms. The van der Waals surface area contributed by atoms with Gasteiger partial charge in [0.1, 0.15) is 16.4 Å². The quantitative estimate of drug-likeness (QED) is 0.422. The summed E-state index contributed by atoms with van der Waals surface area (Å²) in [5.74, 6) is 1.26. The van der Waals surface area contributed by atoms with Gasteiger partial charge in [0.05, 0.1) is 24.7 Å². The molecule has 0 aliphatic heterocycles. The maximum atomic E-state index is 13.1. The summed E-state index contributed by atoms with van der Waals surface area (Å²) >= 11 is 1.58. The van der Waals surface area contributed by atoms with Crippen LogP contribution in [0, 0.1) is 13.8 Å². The number of carbonyl (C=O) groups excluding carboxylic acids is 1. The van der Waals surface area contributed by atoms with Gasteiger partial charge >= 0.3 is 5.97 Å². The molecule has 0 unspecified atom stereocenters. The number of benzene rings is 1. The molecule has 29 heavy (non-hydrogen) atoms. The third-order valence-corrected chi connectivity index (χ3v) is 6.01. The monoisotopic (exact) mass is 414 g/mol. The van der Waals surface area contributed by atoms with Crippen LogP contribution in [0.2, 0.25) is 0 Å². The third-order valence-electron chi connectivity index (χ3n) is 4.90. The predicted octanol–water partition coefficient (Wildman–Crippen LogP) is 4.45. The molecule has 3 rings (SSSR count). The van der Waals surface area contributed by atoms with E-state index in [1.165, 1.54) is 7.11 Å². The minimum Gasteiger partial charge on any atom is -0.494 e. The van der Waals surface area contributed by atoms with E-state index in [9.17, 15) is 9.59 Å². The molecule has 0 N–H and O–H groups in total. The van der Waals surface area contributed by atoms with Gasteiger partial charge in [-0.1, -0.05) is 13.8 Å². The molecule has 2 aromatic heterocycles. The lowest BCUT2D eigenvalue weighted by molar-refractivity contribution is 0.0600. The van der Waals surface area contributed by atoms with Crippen molar-refractivity contribution in [3.8, 4) is 5.75 Å². The summed E-state index contributed by atoms with van der Waals surface area (Å²) in [5, 5.41) is 0.733. The molecule has 0 fully saturated rings. The minimum atomic E-state index is -0.376. The Bertz CT molecular complexity index is 1080. The van der Waals surface area contributed by atoms with Gasteiger partial charge < -0.3 is 9.47 Å². The van der Waals surface area contributed by atoms with Gasteiger partial charge in [-0.05, 0) is 50.1 Å². The van der Waals surface area contributed by atoms with E-state index in [1.54, 1.807) is 40.2 Å². The van der Waals surface area contributed by atoms with Crippen molar-refractivity contribution >= 4 is 27.5 Å². The van der Waals surface area contributed by atoms with Gasteiger partial charge in [-0.25, -0.2) is 9.78 Å². The zero-order chi connectivity index (χ0) is 21.1. The normalized spacial score (nSPS) is 11.2. The van der Waals surface area contributed by atoms with Crippen LogP contribution in [0.1, 0.15) is 52.8 Å². The van der Waals surface area contributed by atoms with Gasteiger partial charge in [-0.2, -0.15) is 0 Å². The Kier molecular flexibility index (Phi) is 6.37. The highest BCUT2D eigenvalue weighted by Gasteiger charge is 2.18. The zero-order valence-corrected chi connectivity index (χ0v) is 18.3. The first kappa shape index (κ1) is 21.0. The fourth-order valence-corrected chi connectivity index (χ4v) is 4.24. The van der Waals surface area contributed by atoms with Crippen LogP contribution in [-0.4, -0.2) is 29.2 Å². The van der Waals surface area contributed by atoms with Crippen molar-refractivity contribution in [2.75, 3.05) is 13.7 Å². The second kappa shape index (κ2) is 8.78. The molecule has 0 atom stereocenters. The van der Waals surface area contributed by atoms with Crippen molar-refractivity contribution < 1.29 is 14.3 Å². The van der Waals surface area contributed by atoms with Gasteiger partial charge in [0.15, 0.2) is 0 Å².